The predicted octanol–water partition coefficient (Wildman–Crippen LogP) is 4.50. The molecule has 5 nitrogen and oxygen atoms in total. The van der Waals surface area contributed by atoms with E-state index in [2.05, 4.69) is 12.2 Å². The van der Waals surface area contributed by atoms with E-state index in [0.29, 0.717) is 19.6 Å². The zero-order chi connectivity index (χ0) is 16.5. The Morgan fingerprint density at radius 1 is 0.864 bits per heavy atom. The summed E-state index contributed by atoms with van der Waals surface area (Å²) in [6, 6.07) is 0. The molecule has 0 aliphatic heterocycles. The van der Waals surface area contributed by atoms with Crippen LogP contribution in [-0.4, -0.2) is 30.3 Å². The van der Waals surface area contributed by atoms with Crippen LogP contribution >= 0.6 is 0 Å². The van der Waals surface area contributed by atoms with Crippen molar-refractivity contribution < 1.29 is 19.4 Å². The molecule has 0 aromatic rings. The van der Waals surface area contributed by atoms with Crippen LogP contribution in [0.5, 0.6) is 0 Å². The third-order valence-electron chi connectivity index (χ3n) is 3.59. The lowest BCUT2D eigenvalue weighted by atomic mass is 10.1. The van der Waals surface area contributed by atoms with Gasteiger partial charge in [0.2, 0.25) is 0 Å². The number of hydrogen-bond donors (Lipinski definition) is 2. The summed E-state index contributed by atoms with van der Waals surface area (Å²) in [4.78, 5) is 21.7. The summed E-state index contributed by atoms with van der Waals surface area (Å²) in [5, 5.41) is 10.7. The van der Waals surface area contributed by atoms with Crippen molar-refractivity contribution in [1.82, 2.24) is 5.32 Å². The number of carboxylic acid groups (broad SMARTS) is 1. The molecule has 0 bridgehead atoms. The molecule has 0 spiro atoms. The molecule has 0 aromatic carbocycles. The van der Waals surface area contributed by atoms with Gasteiger partial charge in [0.15, 0.2) is 0 Å². The number of carbonyl (C=O) groups is 2. The normalized spacial score (nSPS) is 10.4. The molecule has 0 aliphatic carbocycles. The molecule has 0 atom stereocenters. The van der Waals surface area contributed by atoms with Crippen LogP contribution in [0.25, 0.3) is 0 Å². The Balaban J connectivity index is 3.17. The Morgan fingerprint density at radius 2 is 1.45 bits per heavy atom. The SMILES string of the molecule is CCCCCCCCCCOC(=O)CCCCCNC(=O)O. The monoisotopic (exact) mass is 315 g/mol. The summed E-state index contributed by atoms with van der Waals surface area (Å²) in [6.45, 7) is 3.21. The molecule has 2 N–H and O–H groups in total. The summed E-state index contributed by atoms with van der Waals surface area (Å²) >= 11 is 0. The van der Waals surface area contributed by atoms with Crippen molar-refractivity contribution in [1.29, 1.82) is 0 Å². The summed E-state index contributed by atoms with van der Waals surface area (Å²) in [5.74, 6) is -0.130. The maximum atomic E-state index is 11.5. The van der Waals surface area contributed by atoms with Crippen LogP contribution in [0.15, 0.2) is 0 Å². The second kappa shape index (κ2) is 16.1. The van der Waals surface area contributed by atoms with Crippen molar-refractivity contribution in [3.8, 4) is 0 Å². The van der Waals surface area contributed by atoms with Gasteiger partial charge < -0.3 is 15.2 Å². The number of carbonyl (C=O) groups excluding carboxylic acids is 1. The number of ether oxygens (including phenoxy) is 1. The minimum Gasteiger partial charge on any atom is -0.466 e. The van der Waals surface area contributed by atoms with Crippen molar-refractivity contribution in [3.05, 3.63) is 0 Å². The molecule has 1 amide bonds. The highest BCUT2D eigenvalue weighted by atomic mass is 16.5. The quantitative estimate of drug-likeness (QED) is 0.344. The lowest BCUT2D eigenvalue weighted by Gasteiger charge is -2.05. The summed E-state index contributed by atoms with van der Waals surface area (Å²) in [6.07, 6.45) is 11.7. The van der Waals surface area contributed by atoms with Crippen LogP contribution in [0.1, 0.15) is 84.0 Å². The second-order valence-corrected chi connectivity index (χ2v) is 5.74. The highest BCUT2D eigenvalue weighted by molar-refractivity contribution is 5.69. The minimum atomic E-state index is -0.996. The molecule has 0 heterocycles. The Bertz CT molecular complexity index is 282. The maximum absolute atomic E-state index is 11.5. The lowest BCUT2D eigenvalue weighted by molar-refractivity contribution is -0.143. The van der Waals surface area contributed by atoms with Gasteiger partial charge in [0, 0.05) is 13.0 Å². The molecule has 130 valence electrons. The predicted molar refractivity (Wildman–Crippen MR) is 88.1 cm³/mol. The smallest absolute Gasteiger partial charge is 0.404 e. The molecular weight excluding hydrogens is 282 g/mol. The molecule has 5 heteroatoms. The Hall–Kier alpha value is -1.26. The second-order valence-electron chi connectivity index (χ2n) is 5.74. The summed E-state index contributed by atoms with van der Waals surface area (Å²) < 4.78 is 5.18. The molecule has 0 unspecified atom stereocenters. The van der Waals surface area contributed by atoms with Gasteiger partial charge in [-0.3, -0.25) is 4.79 Å². The first-order chi connectivity index (χ1) is 10.7. The van der Waals surface area contributed by atoms with E-state index < -0.39 is 6.09 Å². The number of esters is 1. The fraction of sp³-hybridized carbons (Fsp3) is 0.882. The van der Waals surface area contributed by atoms with Gasteiger partial charge in [0.25, 0.3) is 0 Å². The molecule has 0 saturated carbocycles. The molecular formula is C17H33NO4. The van der Waals surface area contributed by atoms with E-state index in [1.54, 1.807) is 0 Å². The van der Waals surface area contributed by atoms with E-state index in [-0.39, 0.29) is 5.97 Å². The topological polar surface area (TPSA) is 75.6 Å². The molecule has 0 aliphatic rings. The van der Waals surface area contributed by atoms with E-state index in [9.17, 15) is 9.59 Å². The molecule has 0 saturated heterocycles. The fourth-order valence-electron chi connectivity index (χ4n) is 2.26. The van der Waals surface area contributed by atoms with Crippen molar-refractivity contribution in [2.45, 2.75) is 84.0 Å². The highest BCUT2D eigenvalue weighted by Crippen LogP contribution is 2.08. The van der Waals surface area contributed by atoms with Gasteiger partial charge in [-0.05, 0) is 19.3 Å². The van der Waals surface area contributed by atoms with Gasteiger partial charge >= 0.3 is 12.1 Å². The molecule has 22 heavy (non-hydrogen) atoms. The van der Waals surface area contributed by atoms with Crippen molar-refractivity contribution in [2.24, 2.45) is 0 Å². The van der Waals surface area contributed by atoms with E-state index in [1.807, 2.05) is 0 Å². The van der Waals surface area contributed by atoms with Gasteiger partial charge in [-0.2, -0.15) is 0 Å². The van der Waals surface area contributed by atoms with E-state index >= 15 is 0 Å². The summed E-state index contributed by atoms with van der Waals surface area (Å²) in [7, 11) is 0. The lowest BCUT2D eigenvalue weighted by Crippen LogP contribution is -2.21. The van der Waals surface area contributed by atoms with Gasteiger partial charge in [-0.1, -0.05) is 58.3 Å². The van der Waals surface area contributed by atoms with E-state index in [0.717, 1.165) is 32.1 Å². The number of hydrogen-bond acceptors (Lipinski definition) is 3. The van der Waals surface area contributed by atoms with Crippen molar-refractivity contribution in [3.63, 3.8) is 0 Å². The van der Waals surface area contributed by atoms with Crippen LogP contribution in [0.2, 0.25) is 0 Å². The van der Waals surface area contributed by atoms with Gasteiger partial charge in [-0.15, -0.1) is 0 Å². The number of nitrogens with one attached hydrogen (secondary N) is 1. The standard InChI is InChI=1S/C17H33NO4/c1-2-3-4-5-6-7-8-12-15-22-16(19)13-10-9-11-14-18-17(20)21/h18H,2-15H2,1H3,(H,20,21). The van der Waals surface area contributed by atoms with Gasteiger partial charge in [0.1, 0.15) is 0 Å². The highest BCUT2D eigenvalue weighted by Gasteiger charge is 2.02. The van der Waals surface area contributed by atoms with Crippen LogP contribution in [-0.2, 0) is 9.53 Å². The first kappa shape index (κ1) is 20.7. The molecule has 0 radical (unpaired) electrons. The fourth-order valence-corrected chi connectivity index (χ4v) is 2.26. The van der Waals surface area contributed by atoms with Crippen LogP contribution in [0.3, 0.4) is 0 Å². The Morgan fingerprint density at radius 3 is 2.09 bits per heavy atom. The summed E-state index contributed by atoms with van der Waals surface area (Å²) in [5.41, 5.74) is 0. The first-order valence-corrected chi connectivity index (χ1v) is 8.79. The van der Waals surface area contributed by atoms with Crippen LogP contribution < -0.4 is 5.32 Å². The zero-order valence-electron chi connectivity index (χ0n) is 14.1. The van der Waals surface area contributed by atoms with Crippen molar-refractivity contribution in [2.75, 3.05) is 13.2 Å². The largest absolute Gasteiger partial charge is 0.466 e. The van der Waals surface area contributed by atoms with E-state index in [1.165, 1.54) is 38.5 Å². The Kier molecular flexibility index (Phi) is 15.2. The average Bonchev–Trinajstić information content (AvgIpc) is 2.48. The zero-order valence-corrected chi connectivity index (χ0v) is 14.1. The van der Waals surface area contributed by atoms with Crippen LogP contribution in [0.4, 0.5) is 4.79 Å². The molecule has 0 fully saturated rings. The van der Waals surface area contributed by atoms with Crippen molar-refractivity contribution >= 4 is 12.1 Å². The number of rotatable bonds is 15. The molecule has 0 rings (SSSR count). The maximum Gasteiger partial charge on any atom is 0.404 e. The first-order valence-electron chi connectivity index (χ1n) is 8.79. The third kappa shape index (κ3) is 16.8. The van der Waals surface area contributed by atoms with Gasteiger partial charge in [0.05, 0.1) is 6.61 Å². The number of unbranched alkanes of at least 4 members (excludes halogenated alkanes) is 9. The molecule has 0 aromatic heterocycles. The number of amides is 1. The third-order valence-corrected chi connectivity index (χ3v) is 3.59. The minimum absolute atomic E-state index is 0.130. The van der Waals surface area contributed by atoms with Gasteiger partial charge in [-0.25, -0.2) is 4.79 Å². The Labute approximate surface area is 134 Å². The van der Waals surface area contributed by atoms with Crippen LogP contribution in [0, 0.1) is 0 Å². The average molecular weight is 315 g/mol. The van der Waals surface area contributed by atoms with E-state index in [4.69, 9.17) is 9.84 Å².